The molecule has 0 fully saturated rings. The summed E-state index contributed by atoms with van der Waals surface area (Å²) in [7, 11) is 0. The molecule has 0 unspecified atom stereocenters. The molecule has 130 valence electrons. The van der Waals surface area contributed by atoms with Crippen LogP contribution in [0.25, 0.3) is 11.1 Å². The average molecular weight is 345 g/mol. The first-order valence-electron chi connectivity index (χ1n) is 8.66. The predicted octanol–water partition coefficient (Wildman–Crippen LogP) is 2.94. The van der Waals surface area contributed by atoms with E-state index in [2.05, 4.69) is 9.97 Å². The van der Waals surface area contributed by atoms with Crippen molar-refractivity contribution >= 4 is 5.91 Å². The first-order valence-corrected chi connectivity index (χ1v) is 8.66. The molecule has 0 radical (unpaired) electrons. The summed E-state index contributed by atoms with van der Waals surface area (Å²) in [5.41, 5.74) is 3.89. The molecule has 2 aromatic carbocycles. The van der Waals surface area contributed by atoms with Crippen LogP contribution in [0.1, 0.15) is 27.4 Å². The molecule has 3 aromatic rings. The van der Waals surface area contributed by atoms with Crippen molar-refractivity contribution < 1.29 is 4.79 Å². The third kappa shape index (κ3) is 2.92. The first-order chi connectivity index (χ1) is 12.6. The fourth-order valence-electron chi connectivity index (χ4n) is 3.45. The number of nitrogens with zero attached hydrogens (tertiary/aromatic N) is 2. The molecule has 26 heavy (non-hydrogen) atoms. The van der Waals surface area contributed by atoms with Crippen LogP contribution in [-0.2, 0) is 13.0 Å². The van der Waals surface area contributed by atoms with Crippen LogP contribution in [0.5, 0.6) is 0 Å². The summed E-state index contributed by atoms with van der Waals surface area (Å²) in [6, 6.07) is 17.5. The number of aromatic nitrogens is 2. The van der Waals surface area contributed by atoms with Crippen molar-refractivity contribution in [2.24, 2.45) is 0 Å². The lowest BCUT2D eigenvalue weighted by atomic mass is 9.98. The lowest BCUT2D eigenvalue weighted by Crippen LogP contribution is -2.39. The number of aryl methyl sites for hydroxylation is 1. The fourth-order valence-corrected chi connectivity index (χ4v) is 3.45. The van der Waals surface area contributed by atoms with Crippen molar-refractivity contribution in [2.45, 2.75) is 19.9 Å². The summed E-state index contributed by atoms with van der Waals surface area (Å²) in [5.74, 6) is 0.544. The van der Waals surface area contributed by atoms with Crippen LogP contribution in [0, 0.1) is 6.92 Å². The highest BCUT2D eigenvalue weighted by Crippen LogP contribution is 2.26. The molecule has 1 aliphatic heterocycles. The number of rotatable bonds is 2. The van der Waals surface area contributed by atoms with E-state index < -0.39 is 0 Å². The van der Waals surface area contributed by atoms with E-state index in [1.54, 1.807) is 11.8 Å². The minimum atomic E-state index is -0.0933. The lowest BCUT2D eigenvalue weighted by Gasteiger charge is -2.28. The van der Waals surface area contributed by atoms with Gasteiger partial charge < -0.3 is 9.88 Å². The summed E-state index contributed by atoms with van der Waals surface area (Å²) in [4.78, 5) is 34.2. The Morgan fingerprint density at radius 3 is 2.62 bits per heavy atom. The smallest absolute Gasteiger partial charge is 0.254 e. The van der Waals surface area contributed by atoms with Gasteiger partial charge in [-0.2, -0.15) is 0 Å². The minimum Gasteiger partial charge on any atom is -0.332 e. The molecule has 0 spiro atoms. The van der Waals surface area contributed by atoms with E-state index in [4.69, 9.17) is 0 Å². The number of aromatic amines is 1. The Hall–Kier alpha value is -3.21. The van der Waals surface area contributed by atoms with Gasteiger partial charge in [0, 0.05) is 17.7 Å². The number of amides is 1. The van der Waals surface area contributed by atoms with Gasteiger partial charge in [-0.1, -0.05) is 48.5 Å². The number of hydrogen-bond acceptors (Lipinski definition) is 3. The average Bonchev–Trinajstić information content (AvgIpc) is 2.67. The molecule has 1 aromatic heterocycles. The van der Waals surface area contributed by atoms with E-state index in [-0.39, 0.29) is 11.5 Å². The van der Waals surface area contributed by atoms with Crippen molar-refractivity contribution in [3.8, 4) is 11.1 Å². The van der Waals surface area contributed by atoms with Gasteiger partial charge >= 0.3 is 0 Å². The minimum absolute atomic E-state index is 0.0326. The van der Waals surface area contributed by atoms with Crippen LogP contribution in [0.15, 0.2) is 59.4 Å². The molecule has 4 rings (SSSR count). The number of nitrogens with one attached hydrogen (secondary N) is 1. The van der Waals surface area contributed by atoms with E-state index in [9.17, 15) is 9.59 Å². The SMILES string of the molecule is Cc1nc2c(c(=O)[nH]1)CCN(C(=O)c1ccccc1-c1ccccc1)C2. The van der Waals surface area contributed by atoms with Crippen molar-refractivity contribution in [1.82, 2.24) is 14.9 Å². The molecule has 0 atom stereocenters. The highest BCUT2D eigenvalue weighted by Gasteiger charge is 2.26. The number of benzene rings is 2. The number of carbonyl (C=O) groups excluding carboxylic acids is 1. The van der Waals surface area contributed by atoms with E-state index in [1.165, 1.54) is 0 Å². The molecule has 1 aliphatic rings. The standard InChI is InChI=1S/C21H19N3O2/c1-14-22-19-13-24(12-11-18(19)20(25)23-14)21(26)17-10-6-5-9-16(17)15-7-3-2-4-8-15/h2-10H,11-13H2,1H3,(H,22,23,25). The van der Waals surface area contributed by atoms with Gasteiger partial charge in [0.2, 0.25) is 0 Å². The van der Waals surface area contributed by atoms with Crippen LogP contribution < -0.4 is 5.56 Å². The van der Waals surface area contributed by atoms with Gasteiger partial charge in [0.15, 0.2) is 0 Å². The Kier molecular flexibility index (Phi) is 4.13. The number of fused-ring (bicyclic) bond motifs is 1. The van der Waals surface area contributed by atoms with Crippen molar-refractivity contribution in [3.05, 3.63) is 87.6 Å². The van der Waals surface area contributed by atoms with Gasteiger partial charge in [-0.3, -0.25) is 9.59 Å². The molecule has 0 saturated heterocycles. The Balaban J connectivity index is 1.69. The second kappa shape index (κ2) is 6.59. The maximum atomic E-state index is 13.2. The monoisotopic (exact) mass is 345 g/mol. The molecule has 1 N–H and O–H groups in total. The summed E-state index contributed by atoms with van der Waals surface area (Å²) in [6.07, 6.45) is 0.525. The van der Waals surface area contributed by atoms with Crippen LogP contribution in [0.4, 0.5) is 0 Å². The third-order valence-corrected chi connectivity index (χ3v) is 4.72. The summed E-state index contributed by atoms with van der Waals surface area (Å²) >= 11 is 0. The zero-order chi connectivity index (χ0) is 18.1. The number of carbonyl (C=O) groups is 1. The molecule has 5 nitrogen and oxygen atoms in total. The Morgan fingerprint density at radius 2 is 1.81 bits per heavy atom. The predicted molar refractivity (Wildman–Crippen MR) is 99.9 cm³/mol. The van der Waals surface area contributed by atoms with Gasteiger partial charge in [-0.15, -0.1) is 0 Å². The van der Waals surface area contributed by atoms with Gasteiger partial charge in [-0.25, -0.2) is 4.98 Å². The fraction of sp³-hybridized carbons (Fsp3) is 0.190. The number of H-pyrrole nitrogens is 1. The molecule has 0 bridgehead atoms. The van der Waals surface area contributed by atoms with Crippen LogP contribution in [-0.4, -0.2) is 27.3 Å². The Labute approximate surface area is 151 Å². The molecule has 1 amide bonds. The second-order valence-corrected chi connectivity index (χ2v) is 6.46. The first kappa shape index (κ1) is 16.3. The van der Waals surface area contributed by atoms with Gasteiger partial charge in [0.05, 0.1) is 12.2 Å². The van der Waals surface area contributed by atoms with E-state index in [0.29, 0.717) is 42.2 Å². The lowest BCUT2D eigenvalue weighted by molar-refractivity contribution is 0.0732. The van der Waals surface area contributed by atoms with Crippen LogP contribution in [0.2, 0.25) is 0 Å². The molecular formula is C21H19N3O2. The summed E-state index contributed by atoms with van der Waals surface area (Å²) in [5, 5.41) is 0. The molecule has 0 aliphatic carbocycles. The Morgan fingerprint density at radius 1 is 1.08 bits per heavy atom. The number of hydrogen-bond donors (Lipinski definition) is 1. The molecular weight excluding hydrogens is 326 g/mol. The summed E-state index contributed by atoms with van der Waals surface area (Å²) < 4.78 is 0. The third-order valence-electron chi connectivity index (χ3n) is 4.72. The van der Waals surface area contributed by atoms with Crippen LogP contribution in [0.3, 0.4) is 0 Å². The van der Waals surface area contributed by atoms with Crippen LogP contribution >= 0.6 is 0 Å². The normalized spacial score (nSPS) is 13.3. The van der Waals surface area contributed by atoms with E-state index >= 15 is 0 Å². The van der Waals surface area contributed by atoms with E-state index in [1.807, 2.05) is 54.6 Å². The highest BCUT2D eigenvalue weighted by molar-refractivity contribution is 6.01. The van der Waals surface area contributed by atoms with Crippen molar-refractivity contribution in [1.29, 1.82) is 0 Å². The molecule has 5 heteroatoms. The molecule has 0 saturated carbocycles. The van der Waals surface area contributed by atoms with Crippen molar-refractivity contribution in [2.75, 3.05) is 6.54 Å². The largest absolute Gasteiger partial charge is 0.332 e. The zero-order valence-corrected chi connectivity index (χ0v) is 14.5. The quantitative estimate of drug-likeness (QED) is 0.776. The van der Waals surface area contributed by atoms with Gasteiger partial charge in [-0.05, 0) is 30.5 Å². The highest BCUT2D eigenvalue weighted by atomic mass is 16.2. The molecule has 2 heterocycles. The maximum Gasteiger partial charge on any atom is 0.254 e. The topological polar surface area (TPSA) is 66.1 Å². The van der Waals surface area contributed by atoms with Gasteiger partial charge in [0.25, 0.3) is 11.5 Å². The van der Waals surface area contributed by atoms with Crippen molar-refractivity contribution in [3.63, 3.8) is 0 Å². The van der Waals surface area contributed by atoms with Gasteiger partial charge in [0.1, 0.15) is 5.82 Å². The zero-order valence-electron chi connectivity index (χ0n) is 14.5. The summed E-state index contributed by atoms with van der Waals surface area (Å²) in [6.45, 7) is 2.64. The Bertz CT molecular complexity index is 1020. The maximum absolute atomic E-state index is 13.2. The van der Waals surface area contributed by atoms with E-state index in [0.717, 1.165) is 11.1 Å². The second-order valence-electron chi connectivity index (χ2n) is 6.46.